The van der Waals surface area contributed by atoms with Crippen molar-refractivity contribution in [1.82, 2.24) is 5.32 Å². The van der Waals surface area contributed by atoms with Gasteiger partial charge in [-0.1, -0.05) is 12.1 Å². The van der Waals surface area contributed by atoms with E-state index in [2.05, 4.69) is 10.6 Å². The van der Waals surface area contributed by atoms with Crippen LogP contribution in [0.2, 0.25) is 0 Å². The number of anilines is 1. The molecule has 0 aliphatic heterocycles. The van der Waals surface area contributed by atoms with E-state index in [0.717, 1.165) is 0 Å². The van der Waals surface area contributed by atoms with Crippen LogP contribution in [0.5, 0.6) is 0 Å². The molecule has 2 amide bonds. The topological polar surface area (TPSA) is 58.2 Å². The van der Waals surface area contributed by atoms with Crippen molar-refractivity contribution in [3.63, 3.8) is 0 Å². The molecule has 15 heavy (non-hydrogen) atoms. The standard InChI is InChI=1S/C10H11FN2O2/c1-12-9(14)6-10(15)13-8-5-3-2-4-7(8)11/h2-5H,6H2,1H3,(H,12,14)(H,13,15). The number of carbonyl (C=O) groups is 2. The van der Waals surface area contributed by atoms with E-state index in [1.54, 1.807) is 6.07 Å². The molecule has 4 nitrogen and oxygen atoms in total. The minimum absolute atomic E-state index is 0.0754. The number of carbonyl (C=O) groups excluding carboxylic acids is 2. The van der Waals surface area contributed by atoms with Crippen molar-refractivity contribution < 1.29 is 14.0 Å². The lowest BCUT2D eigenvalue weighted by molar-refractivity contribution is -0.126. The normalized spacial score (nSPS) is 9.47. The Kier molecular flexibility index (Phi) is 3.79. The van der Waals surface area contributed by atoms with E-state index in [4.69, 9.17) is 0 Å². The van der Waals surface area contributed by atoms with Crippen LogP contribution < -0.4 is 10.6 Å². The van der Waals surface area contributed by atoms with Crippen LogP contribution in [0.25, 0.3) is 0 Å². The zero-order chi connectivity index (χ0) is 11.3. The first-order valence-corrected chi connectivity index (χ1v) is 4.38. The van der Waals surface area contributed by atoms with E-state index in [9.17, 15) is 14.0 Å². The fraction of sp³-hybridized carbons (Fsp3) is 0.200. The molecular weight excluding hydrogens is 199 g/mol. The second-order valence-electron chi connectivity index (χ2n) is 2.88. The Morgan fingerprint density at radius 1 is 1.27 bits per heavy atom. The largest absolute Gasteiger partial charge is 0.359 e. The summed E-state index contributed by atoms with van der Waals surface area (Å²) in [5, 5.41) is 4.60. The van der Waals surface area contributed by atoms with Gasteiger partial charge >= 0.3 is 0 Å². The number of amides is 2. The van der Waals surface area contributed by atoms with Gasteiger partial charge < -0.3 is 10.6 Å². The van der Waals surface area contributed by atoms with Crippen LogP contribution in [-0.4, -0.2) is 18.9 Å². The van der Waals surface area contributed by atoms with Crippen LogP contribution in [0.4, 0.5) is 10.1 Å². The summed E-state index contributed by atoms with van der Waals surface area (Å²) in [6, 6.07) is 5.77. The number of para-hydroxylation sites is 1. The summed E-state index contributed by atoms with van der Waals surface area (Å²) in [7, 11) is 1.43. The number of hydrogen-bond donors (Lipinski definition) is 2. The molecular formula is C10H11FN2O2. The highest BCUT2D eigenvalue weighted by atomic mass is 19.1. The lowest BCUT2D eigenvalue weighted by atomic mass is 10.3. The van der Waals surface area contributed by atoms with Crippen LogP contribution in [0.15, 0.2) is 24.3 Å². The molecule has 0 saturated carbocycles. The van der Waals surface area contributed by atoms with Gasteiger partial charge in [0.05, 0.1) is 5.69 Å². The zero-order valence-corrected chi connectivity index (χ0v) is 8.21. The molecule has 0 bridgehead atoms. The lowest BCUT2D eigenvalue weighted by Gasteiger charge is -2.05. The summed E-state index contributed by atoms with van der Waals surface area (Å²) < 4.78 is 13.1. The van der Waals surface area contributed by atoms with Crippen molar-refractivity contribution in [3.8, 4) is 0 Å². The molecule has 0 heterocycles. The molecule has 5 heteroatoms. The van der Waals surface area contributed by atoms with Gasteiger partial charge in [0.2, 0.25) is 11.8 Å². The maximum Gasteiger partial charge on any atom is 0.233 e. The van der Waals surface area contributed by atoms with Gasteiger partial charge in [-0.2, -0.15) is 0 Å². The van der Waals surface area contributed by atoms with Crippen LogP contribution in [-0.2, 0) is 9.59 Å². The van der Waals surface area contributed by atoms with Gasteiger partial charge in [0.15, 0.2) is 0 Å². The predicted octanol–water partition coefficient (Wildman–Crippen LogP) is 0.900. The van der Waals surface area contributed by atoms with Gasteiger partial charge in [-0.3, -0.25) is 9.59 Å². The highest BCUT2D eigenvalue weighted by Crippen LogP contribution is 2.12. The monoisotopic (exact) mass is 210 g/mol. The Labute approximate surface area is 86.5 Å². The van der Waals surface area contributed by atoms with Gasteiger partial charge in [-0.15, -0.1) is 0 Å². The molecule has 1 rings (SSSR count). The molecule has 0 atom stereocenters. The fourth-order valence-corrected chi connectivity index (χ4v) is 0.991. The summed E-state index contributed by atoms with van der Waals surface area (Å²) in [4.78, 5) is 22.0. The average Bonchev–Trinajstić information content (AvgIpc) is 2.21. The SMILES string of the molecule is CNC(=O)CC(=O)Nc1ccccc1F. The smallest absolute Gasteiger partial charge is 0.233 e. The molecule has 0 unspecified atom stereocenters. The van der Waals surface area contributed by atoms with E-state index >= 15 is 0 Å². The maximum absolute atomic E-state index is 13.1. The quantitative estimate of drug-likeness (QED) is 0.728. The third-order valence-electron chi connectivity index (χ3n) is 1.75. The van der Waals surface area contributed by atoms with Crippen molar-refractivity contribution in [3.05, 3.63) is 30.1 Å². The molecule has 80 valence electrons. The summed E-state index contributed by atoms with van der Waals surface area (Å²) in [6.07, 6.45) is -0.315. The lowest BCUT2D eigenvalue weighted by Crippen LogP contribution is -2.25. The van der Waals surface area contributed by atoms with E-state index in [1.807, 2.05) is 0 Å². The first-order valence-electron chi connectivity index (χ1n) is 4.38. The van der Waals surface area contributed by atoms with Gasteiger partial charge in [0.1, 0.15) is 12.2 Å². The molecule has 0 fully saturated rings. The maximum atomic E-state index is 13.1. The fourth-order valence-electron chi connectivity index (χ4n) is 0.991. The average molecular weight is 210 g/mol. The minimum Gasteiger partial charge on any atom is -0.359 e. The molecule has 1 aromatic carbocycles. The highest BCUT2D eigenvalue weighted by molar-refractivity contribution is 6.03. The number of hydrogen-bond acceptors (Lipinski definition) is 2. The van der Waals surface area contributed by atoms with Gasteiger partial charge in [-0.25, -0.2) is 4.39 Å². The Morgan fingerprint density at radius 3 is 2.53 bits per heavy atom. The van der Waals surface area contributed by atoms with Crippen LogP contribution >= 0.6 is 0 Å². The van der Waals surface area contributed by atoms with Gasteiger partial charge in [0.25, 0.3) is 0 Å². The zero-order valence-electron chi connectivity index (χ0n) is 8.21. The molecule has 0 aromatic heterocycles. The van der Waals surface area contributed by atoms with Crippen molar-refractivity contribution in [1.29, 1.82) is 0 Å². The van der Waals surface area contributed by atoms with Crippen LogP contribution in [0.1, 0.15) is 6.42 Å². The molecule has 0 aliphatic rings. The Balaban J connectivity index is 2.59. The van der Waals surface area contributed by atoms with E-state index in [-0.39, 0.29) is 12.1 Å². The third-order valence-corrected chi connectivity index (χ3v) is 1.75. The van der Waals surface area contributed by atoms with Crippen molar-refractivity contribution >= 4 is 17.5 Å². The number of rotatable bonds is 3. The molecule has 0 radical (unpaired) electrons. The first-order chi connectivity index (χ1) is 7.13. The molecule has 1 aromatic rings. The highest BCUT2D eigenvalue weighted by Gasteiger charge is 2.09. The third kappa shape index (κ3) is 3.38. The van der Waals surface area contributed by atoms with Crippen molar-refractivity contribution in [2.75, 3.05) is 12.4 Å². The van der Waals surface area contributed by atoms with E-state index in [1.165, 1.54) is 25.2 Å². The van der Waals surface area contributed by atoms with Crippen molar-refractivity contribution in [2.24, 2.45) is 0 Å². The second kappa shape index (κ2) is 5.09. The van der Waals surface area contributed by atoms with E-state index in [0.29, 0.717) is 0 Å². The molecule has 0 saturated heterocycles. The summed E-state index contributed by atoms with van der Waals surface area (Å²) in [5.41, 5.74) is 0.0754. The molecule has 0 aliphatic carbocycles. The van der Waals surface area contributed by atoms with Gasteiger partial charge in [0, 0.05) is 7.05 Å². The van der Waals surface area contributed by atoms with Crippen LogP contribution in [0, 0.1) is 5.82 Å². The summed E-state index contributed by atoms with van der Waals surface area (Å²) >= 11 is 0. The van der Waals surface area contributed by atoms with Gasteiger partial charge in [-0.05, 0) is 12.1 Å². The summed E-state index contributed by atoms with van der Waals surface area (Å²) in [6.45, 7) is 0. The summed E-state index contributed by atoms with van der Waals surface area (Å²) in [5.74, 6) is -1.48. The molecule has 0 spiro atoms. The number of halogens is 1. The minimum atomic E-state index is -0.542. The van der Waals surface area contributed by atoms with Crippen molar-refractivity contribution in [2.45, 2.75) is 6.42 Å². The number of nitrogens with one attached hydrogen (secondary N) is 2. The van der Waals surface area contributed by atoms with E-state index < -0.39 is 17.6 Å². The van der Waals surface area contributed by atoms with Crippen LogP contribution in [0.3, 0.4) is 0 Å². The predicted molar refractivity (Wildman–Crippen MR) is 53.7 cm³/mol. The number of benzene rings is 1. The Hall–Kier alpha value is -1.91. The Bertz CT molecular complexity index is 379. The first kappa shape index (κ1) is 11.2. The Morgan fingerprint density at radius 2 is 1.93 bits per heavy atom. The second-order valence-corrected chi connectivity index (χ2v) is 2.88. The molecule has 2 N–H and O–H groups in total.